The molecule has 18 heavy (non-hydrogen) atoms. The van der Waals surface area contributed by atoms with Crippen molar-refractivity contribution in [1.82, 2.24) is 4.98 Å². The Balaban J connectivity index is 2.04. The van der Waals surface area contributed by atoms with Crippen molar-refractivity contribution >= 4 is 0 Å². The van der Waals surface area contributed by atoms with Gasteiger partial charge < -0.3 is 10.5 Å². The lowest BCUT2D eigenvalue weighted by atomic mass is 10.1. The predicted molar refractivity (Wildman–Crippen MR) is 71.9 cm³/mol. The van der Waals surface area contributed by atoms with Crippen LogP contribution in [-0.4, -0.2) is 11.0 Å². The molecule has 1 aromatic heterocycles. The van der Waals surface area contributed by atoms with Crippen LogP contribution in [0.4, 0.5) is 0 Å². The van der Waals surface area contributed by atoms with Crippen molar-refractivity contribution in [1.29, 1.82) is 0 Å². The molecule has 0 fully saturated rings. The summed E-state index contributed by atoms with van der Waals surface area (Å²) in [5.41, 5.74) is 7.98. The van der Waals surface area contributed by atoms with E-state index in [2.05, 4.69) is 4.98 Å². The molecule has 0 amide bonds. The molecule has 0 radical (unpaired) electrons. The van der Waals surface area contributed by atoms with Gasteiger partial charge in [0.05, 0.1) is 12.3 Å². The Morgan fingerprint density at radius 3 is 2.44 bits per heavy atom. The minimum Gasteiger partial charge on any atom is -0.366 e. The Labute approximate surface area is 108 Å². The topological polar surface area (TPSA) is 48.1 Å². The molecule has 2 unspecified atom stereocenters. The minimum atomic E-state index is -0.175. The summed E-state index contributed by atoms with van der Waals surface area (Å²) in [5, 5.41) is 0. The van der Waals surface area contributed by atoms with E-state index in [4.69, 9.17) is 10.5 Å². The van der Waals surface area contributed by atoms with E-state index in [9.17, 15) is 0 Å². The molecule has 0 spiro atoms. The predicted octanol–water partition coefficient (Wildman–Crippen LogP) is 2.69. The number of ether oxygens (including phenoxy) is 1. The Bertz CT molecular complexity index is 456. The third kappa shape index (κ3) is 3.39. The van der Waals surface area contributed by atoms with Crippen molar-refractivity contribution in [2.24, 2.45) is 5.73 Å². The summed E-state index contributed by atoms with van der Waals surface area (Å²) >= 11 is 0. The third-order valence-corrected chi connectivity index (χ3v) is 2.73. The lowest BCUT2D eigenvalue weighted by Gasteiger charge is -2.20. The molecule has 0 saturated heterocycles. The number of hydrogen-bond donors (Lipinski definition) is 1. The molecule has 0 aliphatic carbocycles. The van der Waals surface area contributed by atoms with Crippen LogP contribution in [0.2, 0.25) is 0 Å². The van der Waals surface area contributed by atoms with E-state index in [1.165, 1.54) is 0 Å². The molecule has 3 nitrogen and oxygen atoms in total. The fourth-order valence-corrected chi connectivity index (χ4v) is 1.81. The van der Waals surface area contributed by atoms with Crippen molar-refractivity contribution < 1.29 is 4.74 Å². The number of hydrogen-bond acceptors (Lipinski definition) is 3. The Kier molecular flexibility index (Phi) is 4.45. The van der Waals surface area contributed by atoms with Crippen molar-refractivity contribution in [3.63, 3.8) is 0 Å². The van der Waals surface area contributed by atoms with Crippen molar-refractivity contribution in [3.8, 4) is 0 Å². The summed E-state index contributed by atoms with van der Waals surface area (Å²) in [6.07, 6.45) is 1.59. The zero-order valence-electron chi connectivity index (χ0n) is 10.5. The average Bonchev–Trinajstić information content (AvgIpc) is 2.41. The van der Waals surface area contributed by atoms with Crippen molar-refractivity contribution in [2.75, 3.05) is 0 Å². The first kappa shape index (κ1) is 12.7. The zero-order valence-corrected chi connectivity index (χ0v) is 10.5. The molecule has 3 heteroatoms. The first-order valence-corrected chi connectivity index (χ1v) is 6.09. The lowest BCUT2D eigenvalue weighted by molar-refractivity contribution is 0.0231. The molecule has 2 N–H and O–H groups in total. The fraction of sp³-hybridized carbons (Fsp3) is 0.267. The highest BCUT2D eigenvalue weighted by Gasteiger charge is 2.17. The van der Waals surface area contributed by atoms with E-state index in [0.717, 1.165) is 11.3 Å². The first-order chi connectivity index (χ1) is 8.77. The summed E-state index contributed by atoms with van der Waals surface area (Å²) in [4.78, 5) is 4.31. The van der Waals surface area contributed by atoms with Gasteiger partial charge in [0.15, 0.2) is 0 Å². The highest BCUT2D eigenvalue weighted by atomic mass is 16.5. The number of nitrogens with zero attached hydrogens (tertiary/aromatic N) is 1. The molecule has 0 aliphatic heterocycles. The van der Waals surface area contributed by atoms with E-state index in [-0.39, 0.29) is 12.1 Å². The van der Waals surface area contributed by atoms with Crippen LogP contribution in [0, 0.1) is 0 Å². The molecule has 2 aromatic rings. The van der Waals surface area contributed by atoms with Gasteiger partial charge in [-0.1, -0.05) is 36.4 Å². The standard InChI is InChI=1S/C15H18N2O/c1-12(16)15(14-9-5-6-10-17-14)18-11-13-7-3-2-4-8-13/h2-10,12,15H,11,16H2,1H3. The van der Waals surface area contributed by atoms with Crippen LogP contribution in [0.25, 0.3) is 0 Å². The largest absolute Gasteiger partial charge is 0.366 e. The second-order valence-corrected chi connectivity index (χ2v) is 4.33. The van der Waals surface area contributed by atoms with Crippen LogP contribution in [0.3, 0.4) is 0 Å². The molecule has 0 bridgehead atoms. The normalized spacial score (nSPS) is 14.1. The first-order valence-electron chi connectivity index (χ1n) is 6.09. The van der Waals surface area contributed by atoms with Gasteiger partial charge in [0, 0.05) is 12.2 Å². The second kappa shape index (κ2) is 6.28. The number of rotatable bonds is 5. The number of aromatic nitrogens is 1. The van der Waals surface area contributed by atoms with E-state index in [1.807, 2.05) is 55.5 Å². The van der Waals surface area contributed by atoms with Gasteiger partial charge in [-0.2, -0.15) is 0 Å². The molecule has 1 aromatic carbocycles. The highest BCUT2D eigenvalue weighted by Crippen LogP contribution is 2.19. The minimum absolute atomic E-state index is 0.0939. The van der Waals surface area contributed by atoms with E-state index in [0.29, 0.717) is 6.61 Å². The smallest absolute Gasteiger partial charge is 0.115 e. The third-order valence-electron chi connectivity index (χ3n) is 2.73. The average molecular weight is 242 g/mol. The molecule has 1 heterocycles. The molecule has 2 rings (SSSR count). The molecule has 2 atom stereocenters. The van der Waals surface area contributed by atoms with Gasteiger partial charge in [0.25, 0.3) is 0 Å². The molecule has 0 saturated carbocycles. The van der Waals surface area contributed by atoms with Crippen LogP contribution in [-0.2, 0) is 11.3 Å². The van der Waals surface area contributed by atoms with Crippen molar-refractivity contribution in [2.45, 2.75) is 25.7 Å². The summed E-state index contributed by atoms with van der Waals surface area (Å²) in [6.45, 7) is 2.48. The highest BCUT2D eigenvalue weighted by molar-refractivity contribution is 5.14. The SMILES string of the molecule is CC(N)C(OCc1ccccc1)c1ccccn1. The maximum Gasteiger partial charge on any atom is 0.115 e. The van der Waals surface area contributed by atoms with E-state index >= 15 is 0 Å². The Morgan fingerprint density at radius 1 is 1.11 bits per heavy atom. The molecular weight excluding hydrogens is 224 g/mol. The summed E-state index contributed by atoms with van der Waals surface area (Å²) in [6, 6.07) is 15.8. The van der Waals surface area contributed by atoms with Gasteiger partial charge >= 0.3 is 0 Å². The van der Waals surface area contributed by atoms with Crippen LogP contribution in [0.1, 0.15) is 24.3 Å². The number of nitrogens with two attached hydrogens (primary N) is 1. The van der Waals surface area contributed by atoms with Gasteiger partial charge in [0.2, 0.25) is 0 Å². The molecular formula is C15H18N2O. The van der Waals surface area contributed by atoms with E-state index < -0.39 is 0 Å². The van der Waals surface area contributed by atoms with Gasteiger partial charge in [-0.3, -0.25) is 4.98 Å². The van der Waals surface area contributed by atoms with Crippen LogP contribution in [0.5, 0.6) is 0 Å². The van der Waals surface area contributed by atoms with Crippen LogP contribution >= 0.6 is 0 Å². The number of pyridine rings is 1. The fourth-order valence-electron chi connectivity index (χ4n) is 1.81. The summed E-state index contributed by atoms with van der Waals surface area (Å²) in [7, 11) is 0. The lowest BCUT2D eigenvalue weighted by Crippen LogP contribution is -2.27. The Hall–Kier alpha value is -1.71. The van der Waals surface area contributed by atoms with Gasteiger partial charge in [-0.05, 0) is 24.6 Å². The van der Waals surface area contributed by atoms with Gasteiger partial charge in [-0.15, -0.1) is 0 Å². The quantitative estimate of drug-likeness (QED) is 0.877. The van der Waals surface area contributed by atoms with Gasteiger partial charge in [-0.25, -0.2) is 0 Å². The van der Waals surface area contributed by atoms with Crippen molar-refractivity contribution in [3.05, 3.63) is 66.0 Å². The second-order valence-electron chi connectivity index (χ2n) is 4.33. The van der Waals surface area contributed by atoms with Crippen LogP contribution in [0.15, 0.2) is 54.7 Å². The molecule has 0 aliphatic rings. The van der Waals surface area contributed by atoms with Gasteiger partial charge in [0.1, 0.15) is 6.10 Å². The van der Waals surface area contributed by atoms with Crippen LogP contribution < -0.4 is 5.73 Å². The summed E-state index contributed by atoms with van der Waals surface area (Å²) < 4.78 is 5.89. The molecule has 94 valence electrons. The van der Waals surface area contributed by atoms with E-state index in [1.54, 1.807) is 6.20 Å². The maximum absolute atomic E-state index is 5.97. The zero-order chi connectivity index (χ0) is 12.8. The summed E-state index contributed by atoms with van der Waals surface area (Å²) in [5.74, 6) is 0. The number of benzene rings is 1. The monoisotopic (exact) mass is 242 g/mol. The maximum atomic E-state index is 5.97. The Morgan fingerprint density at radius 2 is 1.83 bits per heavy atom.